The van der Waals surface area contributed by atoms with Crippen molar-refractivity contribution in [2.45, 2.75) is 56.6 Å². The number of aromatic nitrogens is 4. The lowest BCUT2D eigenvalue weighted by Crippen LogP contribution is -2.66. The lowest BCUT2D eigenvalue weighted by Gasteiger charge is -2.47. The SMILES string of the molecule is C[C@@H](NC(=O)Cn1cnnn1)[C@H]1C(=O)N2C(C(=O)O)=C(S[C@@H]3CN[C@H](C(=O)N4C[C@H](CC(=N)N)[C@@H](C#N)C4)C3)[C@H](C)[C@H]12. The first-order chi connectivity index (χ1) is 20.0. The van der Waals surface area contributed by atoms with Crippen LogP contribution in [0, 0.1) is 40.4 Å². The molecule has 224 valence electrons. The van der Waals surface area contributed by atoms with E-state index in [1.807, 2.05) is 6.92 Å². The predicted molar refractivity (Wildman–Crippen MR) is 147 cm³/mol. The normalized spacial score (nSPS) is 31.0. The fraction of sp³-hybridized carbons (Fsp3) is 0.640. The van der Waals surface area contributed by atoms with Gasteiger partial charge in [-0.3, -0.25) is 19.8 Å². The number of carboxylic acid groups (broad SMARTS) is 1. The molecule has 0 saturated carbocycles. The van der Waals surface area contributed by atoms with Gasteiger partial charge < -0.3 is 31.3 Å². The molecule has 0 spiro atoms. The number of thioether (sulfide) groups is 1. The number of nitrogens with one attached hydrogen (secondary N) is 3. The van der Waals surface area contributed by atoms with Crippen molar-refractivity contribution in [2.75, 3.05) is 19.6 Å². The summed E-state index contributed by atoms with van der Waals surface area (Å²) in [6.07, 6.45) is 2.03. The smallest absolute Gasteiger partial charge is 0.353 e. The van der Waals surface area contributed by atoms with E-state index in [4.69, 9.17) is 11.1 Å². The molecule has 16 nitrogen and oxygen atoms in total. The van der Waals surface area contributed by atoms with Crippen LogP contribution in [0.2, 0.25) is 0 Å². The number of nitrogens with two attached hydrogens (primary N) is 1. The van der Waals surface area contributed by atoms with Crippen LogP contribution in [-0.4, -0.2) is 108 Å². The lowest BCUT2D eigenvalue weighted by atomic mass is 9.78. The van der Waals surface area contributed by atoms with E-state index in [0.717, 1.165) is 0 Å². The zero-order chi connectivity index (χ0) is 30.3. The number of tetrazole rings is 1. The number of amides is 3. The summed E-state index contributed by atoms with van der Waals surface area (Å²) in [5.41, 5.74) is 5.50. The molecule has 17 heteroatoms. The highest BCUT2D eigenvalue weighted by molar-refractivity contribution is 8.03. The fourth-order valence-electron chi connectivity index (χ4n) is 6.55. The molecule has 3 amide bonds. The largest absolute Gasteiger partial charge is 0.477 e. The molecule has 0 aliphatic carbocycles. The molecule has 4 aliphatic rings. The van der Waals surface area contributed by atoms with Crippen molar-refractivity contribution in [3.63, 3.8) is 0 Å². The number of hydrogen-bond donors (Lipinski definition) is 5. The Labute approximate surface area is 245 Å². The van der Waals surface area contributed by atoms with Gasteiger partial charge in [-0.15, -0.1) is 16.9 Å². The second-order valence-corrected chi connectivity index (χ2v) is 12.6. The van der Waals surface area contributed by atoms with Crippen LogP contribution in [0.1, 0.15) is 26.7 Å². The van der Waals surface area contributed by atoms with E-state index in [1.54, 1.807) is 11.8 Å². The van der Waals surface area contributed by atoms with Gasteiger partial charge in [0.25, 0.3) is 0 Å². The quantitative estimate of drug-likeness (QED) is 0.115. The molecule has 3 fully saturated rings. The second kappa shape index (κ2) is 11.7. The van der Waals surface area contributed by atoms with Gasteiger partial charge in [0, 0.05) is 54.1 Å². The number of likely N-dealkylation sites (tertiary alicyclic amines) is 1. The third kappa shape index (κ3) is 5.43. The van der Waals surface area contributed by atoms with E-state index < -0.39 is 30.0 Å². The van der Waals surface area contributed by atoms with Crippen molar-refractivity contribution in [1.82, 2.24) is 40.6 Å². The Morgan fingerprint density at radius 3 is 2.79 bits per heavy atom. The summed E-state index contributed by atoms with van der Waals surface area (Å²) in [7, 11) is 0. The maximum absolute atomic E-state index is 13.3. The molecule has 0 radical (unpaired) electrons. The number of carboxylic acids is 1. The van der Waals surface area contributed by atoms with E-state index in [9.17, 15) is 29.5 Å². The van der Waals surface area contributed by atoms with E-state index in [2.05, 4.69) is 32.2 Å². The van der Waals surface area contributed by atoms with Gasteiger partial charge in [0.05, 0.1) is 35.8 Å². The molecule has 0 unspecified atom stereocenters. The van der Waals surface area contributed by atoms with Gasteiger partial charge in [-0.05, 0) is 23.8 Å². The molecular formula is C25H33N11O5S. The fourth-order valence-corrected chi connectivity index (χ4v) is 8.03. The van der Waals surface area contributed by atoms with Crippen LogP contribution in [-0.2, 0) is 25.7 Å². The number of rotatable bonds is 10. The number of carbonyl (C=O) groups is 4. The van der Waals surface area contributed by atoms with Gasteiger partial charge in [0.2, 0.25) is 17.7 Å². The van der Waals surface area contributed by atoms with Gasteiger partial charge >= 0.3 is 5.97 Å². The van der Waals surface area contributed by atoms with Crippen molar-refractivity contribution in [3.8, 4) is 6.07 Å². The van der Waals surface area contributed by atoms with Crippen LogP contribution in [0.25, 0.3) is 0 Å². The number of aliphatic carboxylic acids is 1. The maximum Gasteiger partial charge on any atom is 0.353 e. The Balaban J connectivity index is 1.21. The summed E-state index contributed by atoms with van der Waals surface area (Å²) in [5, 5.41) is 43.7. The summed E-state index contributed by atoms with van der Waals surface area (Å²) < 4.78 is 1.26. The van der Waals surface area contributed by atoms with Gasteiger partial charge in [0.1, 0.15) is 18.6 Å². The second-order valence-electron chi connectivity index (χ2n) is 11.3. The molecule has 4 aliphatic heterocycles. The summed E-state index contributed by atoms with van der Waals surface area (Å²) in [5.74, 6) is -3.47. The van der Waals surface area contributed by atoms with Crippen LogP contribution in [0.5, 0.6) is 0 Å². The number of fused-ring (bicyclic) bond motifs is 1. The first-order valence-corrected chi connectivity index (χ1v) is 14.6. The van der Waals surface area contributed by atoms with E-state index in [-0.39, 0.29) is 65.2 Å². The average molecular weight is 600 g/mol. The third-order valence-electron chi connectivity index (χ3n) is 8.50. The molecule has 6 N–H and O–H groups in total. The van der Waals surface area contributed by atoms with E-state index in [0.29, 0.717) is 31.0 Å². The minimum Gasteiger partial charge on any atom is -0.477 e. The molecule has 1 aromatic heterocycles. The molecule has 1 aromatic rings. The molecule has 42 heavy (non-hydrogen) atoms. The zero-order valence-corrected chi connectivity index (χ0v) is 24.0. The first-order valence-electron chi connectivity index (χ1n) is 13.7. The predicted octanol–water partition coefficient (Wildman–Crippen LogP) is -1.66. The standard InChI is InChI=1S/C25H33N11O5S/c1-11-20-19(12(2)31-18(37)9-35-10-30-32-33-35)24(39)36(20)21(25(40)41)22(11)42-15-4-16(29-6-15)23(38)34-7-13(3-17(27)28)14(5-26)8-34/h10-16,19-20,29H,3-4,6-9H2,1-2H3,(H3,27,28)(H,31,37)(H,40,41)/t11-,12-,13+,14+,15+,16+,19-,20-/m1/s1. The van der Waals surface area contributed by atoms with E-state index in [1.165, 1.54) is 27.7 Å². The zero-order valence-electron chi connectivity index (χ0n) is 23.1. The first kappa shape index (κ1) is 29.5. The van der Waals surface area contributed by atoms with Crippen LogP contribution in [0.3, 0.4) is 0 Å². The number of β-lactam (4-membered cyclic amide) rings is 1. The summed E-state index contributed by atoms with van der Waals surface area (Å²) in [6.45, 7) is 4.63. The number of nitriles is 1. The third-order valence-corrected chi connectivity index (χ3v) is 10.0. The molecule has 8 atom stereocenters. The molecule has 5 rings (SSSR count). The average Bonchev–Trinajstić information content (AvgIpc) is 3.71. The van der Waals surface area contributed by atoms with Gasteiger partial charge in [-0.25, -0.2) is 9.48 Å². The molecule has 3 saturated heterocycles. The Bertz CT molecular complexity index is 1360. The molecular weight excluding hydrogens is 566 g/mol. The summed E-state index contributed by atoms with van der Waals surface area (Å²) >= 11 is 1.38. The Kier molecular flexibility index (Phi) is 8.19. The molecule has 5 heterocycles. The van der Waals surface area contributed by atoms with Crippen molar-refractivity contribution in [3.05, 3.63) is 16.9 Å². The molecule has 0 bridgehead atoms. The number of amidine groups is 1. The minimum atomic E-state index is -1.19. The Morgan fingerprint density at radius 1 is 1.38 bits per heavy atom. The highest BCUT2D eigenvalue weighted by Crippen LogP contribution is 2.52. The van der Waals surface area contributed by atoms with Crippen molar-refractivity contribution in [1.29, 1.82) is 10.7 Å². The monoisotopic (exact) mass is 599 g/mol. The highest BCUT2D eigenvalue weighted by atomic mass is 32.2. The van der Waals surface area contributed by atoms with Crippen LogP contribution < -0.4 is 16.4 Å². The minimum absolute atomic E-state index is 0.00951. The Morgan fingerprint density at radius 2 is 2.14 bits per heavy atom. The molecule has 0 aromatic carbocycles. The topological polar surface area (TPSA) is 236 Å². The van der Waals surface area contributed by atoms with Gasteiger partial charge in [-0.1, -0.05) is 6.92 Å². The maximum atomic E-state index is 13.3. The number of hydrogen-bond acceptors (Lipinski definition) is 11. The van der Waals surface area contributed by atoms with Gasteiger partial charge in [0.15, 0.2) is 0 Å². The lowest BCUT2D eigenvalue weighted by molar-refractivity contribution is -0.158. The van der Waals surface area contributed by atoms with Crippen LogP contribution >= 0.6 is 11.8 Å². The summed E-state index contributed by atoms with van der Waals surface area (Å²) in [6, 6.07) is 0.796. The highest BCUT2D eigenvalue weighted by Gasteiger charge is 2.60. The van der Waals surface area contributed by atoms with E-state index >= 15 is 0 Å². The van der Waals surface area contributed by atoms with Gasteiger partial charge in [-0.2, -0.15) is 5.26 Å². The van der Waals surface area contributed by atoms with Crippen LogP contribution in [0.4, 0.5) is 0 Å². The number of carbonyl (C=O) groups excluding carboxylic acids is 3. The van der Waals surface area contributed by atoms with Crippen molar-refractivity contribution >= 4 is 41.3 Å². The Hall–Kier alpha value is -4.04. The van der Waals surface area contributed by atoms with Crippen molar-refractivity contribution < 1.29 is 24.3 Å². The number of nitrogens with zero attached hydrogens (tertiary/aromatic N) is 7. The van der Waals surface area contributed by atoms with Crippen molar-refractivity contribution in [2.24, 2.45) is 29.4 Å². The summed E-state index contributed by atoms with van der Waals surface area (Å²) in [4.78, 5) is 54.8. The van der Waals surface area contributed by atoms with Crippen LogP contribution in [0.15, 0.2) is 16.9 Å².